The maximum atomic E-state index is 12.7. The Bertz CT molecular complexity index is 3060. The van der Waals surface area contributed by atoms with Gasteiger partial charge in [0.25, 0.3) is 0 Å². The maximum Gasteiger partial charge on any atom is 0.143 e. The Morgan fingerprint density at radius 2 is 0.622 bits per heavy atom. The van der Waals surface area contributed by atoms with Crippen molar-refractivity contribution in [2.45, 2.75) is 205 Å². The molecule has 9 rings (SSSR count). The van der Waals surface area contributed by atoms with Crippen LogP contribution in [-0.2, 0) is 44.0 Å². The van der Waals surface area contributed by atoms with Crippen molar-refractivity contribution in [1.29, 1.82) is 0 Å². The lowest BCUT2D eigenvalue weighted by Crippen LogP contribution is -2.25. The Kier molecular flexibility index (Phi) is 13.9. The van der Waals surface area contributed by atoms with Crippen molar-refractivity contribution in [2.75, 3.05) is 0 Å². The molecular formula is C68H86N2O2S2. The molecule has 0 unspecified atom stereocenters. The van der Waals surface area contributed by atoms with E-state index in [-0.39, 0.29) is 32.5 Å². The van der Waals surface area contributed by atoms with Gasteiger partial charge < -0.3 is 19.3 Å². The van der Waals surface area contributed by atoms with Crippen LogP contribution in [0.2, 0.25) is 0 Å². The Hall–Kier alpha value is -4.78. The van der Waals surface area contributed by atoms with Crippen LogP contribution in [0.4, 0.5) is 0 Å². The van der Waals surface area contributed by atoms with Crippen LogP contribution in [0.5, 0.6) is 11.5 Å². The zero-order valence-corrected chi connectivity index (χ0v) is 49.9. The normalized spacial score (nSPS) is 16.6. The van der Waals surface area contributed by atoms with E-state index in [2.05, 4.69) is 231 Å². The van der Waals surface area contributed by atoms with Crippen molar-refractivity contribution < 1.29 is 10.2 Å². The minimum Gasteiger partial charge on any atom is -0.505 e. The zero-order valence-electron chi connectivity index (χ0n) is 48.2. The molecule has 0 spiro atoms. The molecule has 74 heavy (non-hydrogen) atoms. The monoisotopic (exact) mass is 1030 g/mol. The third-order valence-electron chi connectivity index (χ3n) is 16.1. The highest BCUT2D eigenvalue weighted by molar-refractivity contribution is 8.03. The zero-order chi connectivity index (χ0) is 53.8. The third kappa shape index (κ3) is 10.4. The molecule has 0 radical (unpaired) electrons. The molecular weight excluding hydrogens is 941 g/mol. The fourth-order valence-electron chi connectivity index (χ4n) is 11.1. The highest BCUT2D eigenvalue weighted by Gasteiger charge is 2.31. The number of phenolic OH excluding ortho intramolecular Hbond substituents is 2. The predicted octanol–water partition coefficient (Wildman–Crippen LogP) is 19.6. The van der Waals surface area contributed by atoms with Crippen LogP contribution in [0.1, 0.15) is 195 Å². The molecule has 392 valence electrons. The summed E-state index contributed by atoms with van der Waals surface area (Å²) in [6, 6.07) is 36.8. The predicted molar refractivity (Wildman–Crippen MR) is 326 cm³/mol. The van der Waals surface area contributed by atoms with E-state index in [4.69, 9.17) is 0 Å². The first-order valence-electron chi connectivity index (χ1n) is 27.5. The summed E-state index contributed by atoms with van der Waals surface area (Å²) in [6.07, 6.45) is 4.70. The molecule has 0 bridgehead atoms. The van der Waals surface area contributed by atoms with Crippen LogP contribution >= 0.6 is 23.5 Å². The molecule has 2 atom stereocenters. The number of benzene rings is 6. The van der Waals surface area contributed by atoms with Gasteiger partial charge in [0.15, 0.2) is 0 Å². The van der Waals surface area contributed by atoms with Gasteiger partial charge in [0.05, 0.1) is 33.4 Å². The molecule has 6 heteroatoms. The number of rotatable bonds is 8. The molecule has 6 aromatic carbocycles. The quantitative estimate of drug-likeness (QED) is 0.159. The first-order valence-corrected chi connectivity index (χ1v) is 29.6. The highest BCUT2D eigenvalue weighted by Crippen LogP contribution is 2.47. The third-order valence-corrected chi connectivity index (χ3v) is 19.2. The van der Waals surface area contributed by atoms with E-state index in [1.165, 1.54) is 67.8 Å². The standard InChI is InChI=1S/C68H86N2O2S2/c1-63(2,3)43-23-27-53-49(33-43)50-34-44(64(4,5)6)24-28-54(50)69(53)57-37-47(67(13,14)15)31-41(61(57)71)39-73-59-21-19-20-22-60(59)74-40-42-32-48(68(16,17)18)38-58(62(42)72)70-55-29-25-45(65(7,8)9)35-51(55)52-36-46(66(10,11)12)26-30-56(52)70/h23-38,59-60,71-72H,19-22,39-40H2,1-18H3/t59-,60-/m0/s1. The first-order chi connectivity index (χ1) is 34.3. The lowest BCUT2D eigenvalue weighted by molar-refractivity contribution is 0.466. The molecule has 2 aromatic heterocycles. The summed E-state index contributed by atoms with van der Waals surface area (Å²) >= 11 is 4.03. The lowest BCUT2D eigenvalue weighted by atomic mass is 9.85. The van der Waals surface area contributed by atoms with Gasteiger partial charge in [0.2, 0.25) is 0 Å². The van der Waals surface area contributed by atoms with E-state index in [1.807, 2.05) is 23.5 Å². The minimum absolute atomic E-state index is 0.000534. The summed E-state index contributed by atoms with van der Waals surface area (Å²) in [7, 11) is 0. The largest absolute Gasteiger partial charge is 0.505 e. The average Bonchev–Trinajstić information content (AvgIpc) is 3.80. The van der Waals surface area contributed by atoms with Gasteiger partial charge in [-0.15, -0.1) is 0 Å². The van der Waals surface area contributed by atoms with E-state index < -0.39 is 0 Å². The van der Waals surface area contributed by atoms with E-state index in [1.54, 1.807) is 0 Å². The smallest absolute Gasteiger partial charge is 0.143 e. The summed E-state index contributed by atoms with van der Waals surface area (Å²) in [5, 5.41) is 31.1. The van der Waals surface area contributed by atoms with Crippen LogP contribution in [0.25, 0.3) is 55.0 Å². The number of fused-ring (bicyclic) bond motifs is 6. The number of aromatic nitrogens is 2. The lowest BCUT2D eigenvalue weighted by Gasteiger charge is -2.31. The van der Waals surface area contributed by atoms with Gasteiger partial charge in [0.1, 0.15) is 11.5 Å². The number of nitrogens with zero attached hydrogens (tertiary/aromatic N) is 2. The first kappa shape index (κ1) is 54.0. The molecule has 0 saturated heterocycles. The molecule has 0 amide bonds. The van der Waals surface area contributed by atoms with Gasteiger partial charge in [-0.1, -0.05) is 174 Å². The van der Waals surface area contributed by atoms with Crippen molar-refractivity contribution in [3.05, 3.63) is 142 Å². The van der Waals surface area contributed by atoms with Crippen molar-refractivity contribution in [2.24, 2.45) is 0 Å². The van der Waals surface area contributed by atoms with E-state index in [9.17, 15) is 10.2 Å². The molecule has 8 aromatic rings. The van der Waals surface area contributed by atoms with Crippen molar-refractivity contribution in [1.82, 2.24) is 9.13 Å². The fraction of sp³-hybridized carbons (Fsp3) is 0.471. The molecule has 1 saturated carbocycles. The summed E-state index contributed by atoms with van der Waals surface area (Å²) in [4.78, 5) is 0. The number of hydrogen-bond acceptors (Lipinski definition) is 4. The molecule has 1 fully saturated rings. The molecule has 2 N–H and O–H groups in total. The van der Waals surface area contributed by atoms with E-state index in [0.717, 1.165) is 68.9 Å². The Balaban J connectivity index is 1.07. The van der Waals surface area contributed by atoms with E-state index in [0.29, 0.717) is 22.0 Å². The fourth-order valence-corrected chi connectivity index (χ4v) is 14.1. The van der Waals surface area contributed by atoms with Crippen LogP contribution in [-0.4, -0.2) is 29.8 Å². The second kappa shape index (κ2) is 19.0. The van der Waals surface area contributed by atoms with Gasteiger partial charge >= 0.3 is 0 Å². The average molecular weight is 1030 g/mol. The van der Waals surface area contributed by atoms with Gasteiger partial charge in [-0.3, -0.25) is 0 Å². The van der Waals surface area contributed by atoms with Crippen LogP contribution in [0, 0.1) is 0 Å². The summed E-state index contributed by atoms with van der Waals surface area (Å²) in [5.41, 5.74) is 15.6. The Morgan fingerprint density at radius 3 is 0.865 bits per heavy atom. The van der Waals surface area contributed by atoms with E-state index >= 15 is 0 Å². The molecule has 2 heterocycles. The highest BCUT2D eigenvalue weighted by atomic mass is 32.2. The van der Waals surface area contributed by atoms with Crippen molar-refractivity contribution in [3.63, 3.8) is 0 Å². The second-order valence-corrected chi connectivity index (χ2v) is 30.5. The second-order valence-electron chi connectivity index (χ2n) is 28.1. The Morgan fingerprint density at radius 1 is 0.365 bits per heavy atom. The van der Waals surface area contributed by atoms with Gasteiger partial charge in [0, 0.05) is 54.7 Å². The molecule has 0 aliphatic heterocycles. The van der Waals surface area contributed by atoms with Crippen LogP contribution < -0.4 is 0 Å². The SMILES string of the molecule is CC(C)(C)c1cc(CS[C@H]2CCCC[C@@H]2SCc2cc(C(C)(C)C)cc(-n3c4ccc(C(C)(C)C)cc4c4cc(C(C)(C)C)ccc43)c2O)c(O)c(-n2c3ccc(C(C)(C)C)cc3c3cc(C(C)(C)C)ccc32)c1. The van der Waals surface area contributed by atoms with Crippen molar-refractivity contribution >= 4 is 67.1 Å². The van der Waals surface area contributed by atoms with Gasteiger partial charge in [-0.05, 0) is 139 Å². The maximum absolute atomic E-state index is 12.7. The van der Waals surface area contributed by atoms with Gasteiger partial charge in [-0.25, -0.2) is 0 Å². The van der Waals surface area contributed by atoms with Gasteiger partial charge in [-0.2, -0.15) is 23.5 Å². The van der Waals surface area contributed by atoms with Crippen LogP contribution in [0.15, 0.2) is 97.1 Å². The summed E-state index contributed by atoms with van der Waals surface area (Å²) in [5.74, 6) is 2.19. The Labute approximate surface area is 453 Å². The van der Waals surface area contributed by atoms with Crippen molar-refractivity contribution in [3.8, 4) is 22.9 Å². The number of hydrogen-bond donors (Lipinski definition) is 2. The molecule has 1 aliphatic rings. The molecule has 4 nitrogen and oxygen atoms in total. The summed E-state index contributed by atoms with van der Waals surface area (Å²) in [6.45, 7) is 41.1. The topological polar surface area (TPSA) is 50.3 Å². The summed E-state index contributed by atoms with van der Waals surface area (Å²) < 4.78 is 4.67. The number of thioether (sulfide) groups is 2. The molecule has 1 aliphatic carbocycles. The number of phenols is 2. The number of aromatic hydroxyl groups is 2. The van der Waals surface area contributed by atoms with Crippen LogP contribution in [0.3, 0.4) is 0 Å². The minimum atomic E-state index is -0.130.